The molecule has 12 heteroatoms. The number of halogens is 1. The summed E-state index contributed by atoms with van der Waals surface area (Å²) in [6.45, 7) is 5.06. The van der Waals surface area contributed by atoms with E-state index in [0.29, 0.717) is 32.1 Å². The second-order valence-corrected chi connectivity index (χ2v) is 9.67. The first-order valence-corrected chi connectivity index (χ1v) is 13.9. The fourth-order valence-corrected chi connectivity index (χ4v) is 4.58. The third-order valence-electron chi connectivity index (χ3n) is 5.60. The van der Waals surface area contributed by atoms with Crippen LogP contribution in [0.4, 0.5) is 5.69 Å². The van der Waals surface area contributed by atoms with Gasteiger partial charge in [0.2, 0.25) is 23.2 Å². The molecule has 2 aromatic carbocycles. The topological polar surface area (TPSA) is 121 Å². The maximum atomic E-state index is 13.4. The normalized spacial score (nSPS) is 14.0. The first-order valence-electron chi connectivity index (χ1n) is 11.9. The van der Waals surface area contributed by atoms with Gasteiger partial charge in [0.15, 0.2) is 17.2 Å². The molecule has 0 fully saturated rings. The van der Waals surface area contributed by atoms with E-state index >= 15 is 0 Å². The number of aromatic nitrogens is 3. The number of esters is 2. The van der Waals surface area contributed by atoms with Gasteiger partial charge in [-0.1, -0.05) is 50.7 Å². The molecule has 0 unspecified atom stereocenters. The van der Waals surface area contributed by atoms with E-state index in [1.165, 1.54) is 22.7 Å². The molecule has 0 spiro atoms. The highest BCUT2D eigenvalue weighted by atomic mass is 79.9. The summed E-state index contributed by atoms with van der Waals surface area (Å²) >= 11 is 4.75. The van der Waals surface area contributed by atoms with Crippen molar-refractivity contribution in [3.63, 3.8) is 0 Å². The van der Waals surface area contributed by atoms with E-state index in [2.05, 4.69) is 31.1 Å². The molecule has 1 amide bonds. The van der Waals surface area contributed by atoms with E-state index < -0.39 is 18.2 Å². The molecule has 0 N–H and O–H groups in total. The molecule has 0 radical (unpaired) electrons. The standard InChI is InChI=1S/C26H25BrN4O6S/c1-5-19(32)31-17-11-9-8-10-15(17)22-24(28-26(38-4)30-29-22)37-25(31)14-12-16(27)23(36-21(34)7-3)18(13-14)35-20(33)6-2/h8-13,25H,5-7H2,1-4H3/t25-/m0/s1. The van der Waals surface area contributed by atoms with Crippen LogP contribution >= 0.6 is 27.7 Å². The Hall–Kier alpha value is -3.51. The summed E-state index contributed by atoms with van der Waals surface area (Å²) < 4.78 is 17.7. The van der Waals surface area contributed by atoms with Crippen LogP contribution in [-0.2, 0) is 14.4 Å². The number of hydrogen-bond donors (Lipinski definition) is 0. The number of para-hydroxylation sites is 1. The monoisotopic (exact) mass is 600 g/mol. The molecular weight excluding hydrogens is 576 g/mol. The van der Waals surface area contributed by atoms with Crippen LogP contribution in [0.5, 0.6) is 17.4 Å². The van der Waals surface area contributed by atoms with E-state index in [-0.39, 0.29) is 42.5 Å². The van der Waals surface area contributed by atoms with E-state index in [1.54, 1.807) is 32.9 Å². The molecule has 1 aromatic heterocycles. The SMILES string of the molecule is CCC(=O)Oc1cc([C@@H]2Oc3nc(SC)nnc3-c3ccccc3N2C(=O)CC)cc(Br)c1OC(=O)CC. The minimum Gasteiger partial charge on any atom is -0.447 e. The minimum absolute atomic E-state index is 0.0129. The fraction of sp³-hybridized carbons (Fsp3) is 0.308. The average Bonchev–Trinajstić information content (AvgIpc) is 3.08. The Morgan fingerprint density at radius 2 is 1.74 bits per heavy atom. The Bertz CT molecular complexity index is 1400. The number of nitrogens with zero attached hydrogens (tertiary/aromatic N) is 4. The van der Waals surface area contributed by atoms with Gasteiger partial charge in [-0.05, 0) is 40.4 Å². The lowest BCUT2D eigenvalue weighted by atomic mass is 10.1. The van der Waals surface area contributed by atoms with E-state index in [4.69, 9.17) is 14.2 Å². The van der Waals surface area contributed by atoms with Gasteiger partial charge in [-0.3, -0.25) is 19.3 Å². The molecule has 1 aliphatic heterocycles. The lowest BCUT2D eigenvalue weighted by molar-refractivity contribution is -0.136. The van der Waals surface area contributed by atoms with Gasteiger partial charge < -0.3 is 14.2 Å². The zero-order chi connectivity index (χ0) is 27.4. The van der Waals surface area contributed by atoms with Crippen LogP contribution in [0.1, 0.15) is 51.8 Å². The summed E-state index contributed by atoms with van der Waals surface area (Å²) in [5, 5.41) is 8.91. The summed E-state index contributed by atoms with van der Waals surface area (Å²) in [6.07, 6.45) is 1.20. The van der Waals surface area contributed by atoms with Crippen LogP contribution in [-0.4, -0.2) is 39.3 Å². The maximum Gasteiger partial charge on any atom is 0.311 e. The fourth-order valence-electron chi connectivity index (χ4n) is 3.74. The molecule has 4 rings (SSSR count). The molecule has 2 heterocycles. The highest BCUT2D eigenvalue weighted by Gasteiger charge is 2.36. The van der Waals surface area contributed by atoms with Gasteiger partial charge in [0.05, 0.1) is 10.2 Å². The summed E-state index contributed by atoms with van der Waals surface area (Å²) in [5.41, 5.74) is 2.02. The third kappa shape index (κ3) is 5.51. The van der Waals surface area contributed by atoms with E-state index in [9.17, 15) is 14.4 Å². The molecule has 38 heavy (non-hydrogen) atoms. The first kappa shape index (κ1) is 27.5. The molecule has 0 saturated carbocycles. The van der Waals surface area contributed by atoms with Crippen LogP contribution in [0.3, 0.4) is 0 Å². The van der Waals surface area contributed by atoms with E-state index in [1.807, 2.05) is 24.5 Å². The predicted molar refractivity (Wildman–Crippen MR) is 144 cm³/mol. The lowest BCUT2D eigenvalue weighted by Gasteiger charge is -2.31. The molecule has 3 aromatic rings. The molecule has 0 saturated heterocycles. The van der Waals surface area contributed by atoms with Crippen LogP contribution in [0.2, 0.25) is 0 Å². The maximum absolute atomic E-state index is 13.4. The molecule has 0 aliphatic carbocycles. The van der Waals surface area contributed by atoms with Gasteiger partial charge in [-0.25, -0.2) is 0 Å². The number of benzene rings is 2. The van der Waals surface area contributed by atoms with Crippen molar-refractivity contribution in [1.82, 2.24) is 15.2 Å². The van der Waals surface area contributed by atoms with Crippen molar-refractivity contribution in [3.8, 4) is 28.6 Å². The predicted octanol–water partition coefficient (Wildman–Crippen LogP) is 5.49. The second-order valence-electron chi connectivity index (χ2n) is 8.04. The summed E-state index contributed by atoms with van der Waals surface area (Å²) in [6, 6.07) is 10.4. The van der Waals surface area contributed by atoms with Crippen LogP contribution < -0.4 is 19.1 Å². The zero-order valence-corrected chi connectivity index (χ0v) is 23.6. The number of anilines is 1. The number of carbonyl (C=O) groups excluding carboxylic acids is 3. The van der Waals surface area contributed by atoms with Gasteiger partial charge in [0, 0.05) is 30.4 Å². The Morgan fingerprint density at radius 3 is 2.42 bits per heavy atom. The molecule has 1 atom stereocenters. The Morgan fingerprint density at radius 1 is 1.03 bits per heavy atom. The number of carbonyl (C=O) groups is 3. The van der Waals surface area contributed by atoms with Crippen molar-refractivity contribution in [2.24, 2.45) is 0 Å². The van der Waals surface area contributed by atoms with Crippen molar-refractivity contribution < 1.29 is 28.6 Å². The van der Waals surface area contributed by atoms with Crippen LogP contribution in [0.15, 0.2) is 46.0 Å². The number of fused-ring (bicyclic) bond motifs is 3. The van der Waals surface area contributed by atoms with Crippen LogP contribution in [0, 0.1) is 0 Å². The summed E-state index contributed by atoms with van der Waals surface area (Å²) in [5.74, 6) is -0.993. The molecular formula is C26H25BrN4O6S. The van der Waals surface area contributed by atoms with Gasteiger partial charge in [0.25, 0.3) is 0 Å². The number of rotatable bonds is 7. The Kier molecular flexibility index (Phi) is 8.62. The summed E-state index contributed by atoms with van der Waals surface area (Å²) in [4.78, 5) is 43.8. The van der Waals surface area contributed by atoms with Crippen LogP contribution in [0.25, 0.3) is 11.3 Å². The van der Waals surface area contributed by atoms with Crippen molar-refractivity contribution in [2.45, 2.75) is 51.4 Å². The number of amides is 1. The number of thioether (sulfide) groups is 1. The quantitative estimate of drug-likeness (QED) is 0.195. The average molecular weight is 601 g/mol. The van der Waals surface area contributed by atoms with Gasteiger partial charge in [-0.15, -0.1) is 10.2 Å². The highest BCUT2D eigenvalue weighted by molar-refractivity contribution is 9.10. The van der Waals surface area contributed by atoms with Crippen molar-refractivity contribution >= 4 is 51.2 Å². The Labute approximate surface area is 232 Å². The highest BCUT2D eigenvalue weighted by Crippen LogP contribution is 2.46. The third-order valence-corrected chi connectivity index (χ3v) is 6.73. The molecule has 198 valence electrons. The van der Waals surface area contributed by atoms with E-state index in [0.717, 1.165) is 0 Å². The van der Waals surface area contributed by atoms with Crippen molar-refractivity contribution in [3.05, 3.63) is 46.4 Å². The molecule has 1 aliphatic rings. The van der Waals surface area contributed by atoms with Crippen molar-refractivity contribution in [1.29, 1.82) is 0 Å². The largest absolute Gasteiger partial charge is 0.447 e. The molecule has 10 nitrogen and oxygen atoms in total. The lowest BCUT2D eigenvalue weighted by Crippen LogP contribution is -2.37. The number of hydrogen-bond acceptors (Lipinski definition) is 10. The van der Waals surface area contributed by atoms with Gasteiger partial charge in [0.1, 0.15) is 0 Å². The second kappa shape index (κ2) is 11.9. The first-order chi connectivity index (χ1) is 18.3. The van der Waals surface area contributed by atoms with Gasteiger partial charge >= 0.3 is 11.9 Å². The Balaban J connectivity index is 1.95. The van der Waals surface area contributed by atoms with Gasteiger partial charge in [-0.2, -0.15) is 4.98 Å². The molecule has 0 bridgehead atoms. The van der Waals surface area contributed by atoms with Crippen molar-refractivity contribution in [2.75, 3.05) is 11.2 Å². The summed E-state index contributed by atoms with van der Waals surface area (Å²) in [7, 11) is 0. The minimum atomic E-state index is -1.03. The number of ether oxygens (including phenoxy) is 3. The smallest absolute Gasteiger partial charge is 0.311 e. The zero-order valence-electron chi connectivity index (χ0n) is 21.2.